The summed E-state index contributed by atoms with van der Waals surface area (Å²) < 4.78 is 26.8. The largest absolute Gasteiger partial charge is 0.243 e. The molecule has 6 heteroatoms. The molecule has 2 fully saturated rings. The van der Waals surface area contributed by atoms with Crippen LogP contribution in [0.3, 0.4) is 0 Å². The number of sulfonamides is 1. The number of hydrogen-bond donors (Lipinski definition) is 0. The van der Waals surface area contributed by atoms with E-state index >= 15 is 0 Å². The monoisotopic (exact) mass is 407 g/mol. The van der Waals surface area contributed by atoms with E-state index in [2.05, 4.69) is 31.9 Å². The molecule has 0 N–H and O–H groups in total. The van der Waals surface area contributed by atoms with Crippen molar-refractivity contribution < 1.29 is 8.42 Å². The van der Waals surface area contributed by atoms with Crippen molar-refractivity contribution in [3.63, 3.8) is 0 Å². The van der Waals surface area contributed by atoms with E-state index in [1.54, 1.807) is 28.6 Å². The van der Waals surface area contributed by atoms with Crippen LogP contribution in [0.15, 0.2) is 35.2 Å². The van der Waals surface area contributed by atoms with Gasteiger partial charge in [-0.15, -0.1) is 0 Å². The van der Waals surface area contributed by atoms with Crippen LogP contribution in [-0.2, 0) is 10.0 Å². The Morgan fingerprint density at radius 1 is 1.05 bits per heavy atom. The normalized spacial score (nSPS) is 35.5. The predicted octanol–water partition coefficient (Wildman–Crippen LogP) is 3.00. The molecule has 1 aromatic rings. The molecular weight excluding hydrogens is 394 g/mol. The zero-order valence-corrected chi connectivity index (χ0v) is 14.2. The Morgan fingerprint density at radius 2 is 1.68 bits per heavy atom. The summed E-state index contributed by atoms with van der Waals surface area (Å²) in [5, 5.41) is 0. The summed E-state index contributed by atoms with van der Waals surface area (Å²) in [7, 11) is -3.32. The Bertz CT molecular complexity index is 563. The fraction of sp³-hybridized carbons (Fsp3) is 0.538. The summed E-state index contributed by atoms with van der Waals surface area (Å²) in [5.74, 6) is 0.497. The Kier molecular flexibility index (Phi) is 3.79. The highest BCUT2D eigenvalue weighted by Crippen LogP contribution is 2.44. The van der Waals surface area contributed by atoms with Crippen molar-refractivity contribution in [3.8, 4) is 0 Å². The number of fused-ring (bicyclic) bond motifs is 1. The van der Waals surface area contributed by atoms with Crippen molar-refractivity contribution in [3.05, 3.63) is 30.3 Å². The van der Waals surface area contributed by atoms with E-state index in [-0.39, 0.29) is 6.04 Å². The van der Waals surface area contributed by atoms with Crippen LogP contribution in [0.1, 0.15) is 12.8 Å². The maximum absolute atomic E-state index is 12.6. The molecule has 2 aliphatic rings. The van der Waals surface area contributed by atoms with Crippen molar-refractivity contribution in [1.29, 1.82) is 0 Å². The van der Waals surface area contributed by atoms with E-state index in [1.165, 1.54) is 0 Å². The smallest absolute Gasteiger partial charge is 0.207 e. The highest BCUT2D eigenvalue weighted by atomic mass is 79.9. The molecule has 1 aliphatic heterocycles. The van der Waals surface area contributed by atoms with E-state index in [0.29, 0.717) is 27.0 Å². The third kappa shape index (κ3) is 2.41. The lowest BCUT2D eigenvalue weighted by Crippen LogP contribution is -2.62. The maximum atomic E-state index is 12.6. The van der Waals surface area contributed by atoms with E-state index in [0.717, 1.165) is 12.8 Å². The minimum absolute atomic E-state index is 0.156. The first-order valence-corrected chi connectivity index (χ1v) is 9.62. The molecule has 0 unspecified atom stereocenters. The van der Waals surface area contributed by atoms with Crippen LogP contribution in [0.4, 0.5) is 0 Å². The Balaban J connectivity index is 1.82. The lowest BCUT2D eigenvalue weighted by molar-refractivity contribution is 0.0667. The molecule has 3 rings (SSSR count). The number of rotatable bonds is 2. The fourth-order valence-corrected chi connectivity index (χ4v) is 6.02. The van der Waals surface area contributed by atoms with Gasteiger partial charge in [-0.25, -0.2) is 8.42 Å². The summed E-state index contributed by atoms with van der Waals surface area (Å²) in [4.78, 5) is 1.21. The van der Waals surface area contributed by atoms with Gasteiger partial charge in [0, 0.05) is 22.2 Å². The SMILES string of the molecule is O=S(=O)(c1ccccc1)N1C[C@@H]2C[C@H](Br)[C@H](Br)C[C@@H]21. The average molecular weight is 409 g/mol. The van der Waals surface area contributed by atoms with Gasteiger partial charge in [-0.3, -0.25) is 0 Å². The Labute approximate surface area is 130 Å². The molecule has 1 aliphatic carbocycles. The van der Waals surface area contributed by atoms with Crippen molar-refractivity contribution in [2.45, 2.75) is 33.4 Å². The predicted molar refractivity (Wildman–Crippen MR) is 82.3 cm³/mol. The molecule has 3 nitrogen and oxygen atoms in total. The van der Waals surface area contributed by atoms with Crippen LogP contribution in [0, 0.1) is 5.92 Å². The van der Waals surface area contributed by atoms with Crippen LogP contribution in [-0.4, -0.2) is 35.0 Å². The molecular formula is C13H15Br2NO2S. The zero-order valence-electron chi connectivity index (χ0n) is 10.2. The molecule has 1 aromatic carbocycles. The van der Waals surface area contributed by atoms with E-state index in [1.807, 2.05) is 6.07 Å². The van der Waals surface area contributed by atoms with Crippen molar-refractivity contribution >= 4 is 41.9 Å². The summed E-state index contributed by atoms with van der Waals surface area (Å²) in [6.07, 6.45) is 1.92. The second-order valence-electron chi connectivity index (χ2n) is 5.22. The molecule has 0 spiro atoms. The summed E-state index contributed by atoms with van der Waals surface area (Å²) in [6.45, 7) is 0.656. The molecule has 0 amide bonds. The van der Waals surface area contributed by atoms with Gasteiger partial charge in [-0.1, -0.05) is 50.1 Å². The Morgan fingerprint density at radius 3 is 2.37 bits per heavy atom. The lowest BCUT2D eigenvalue weighted by Gasteiger charge is -2.52. The van der Waals surface area contributed by atoms with Crippen LogP contribution < -0.4 is 0 Å². The number of alkyl halides is 2. The van der Waals surface area contributed by atoms with Gasteiger partial charge in [0.05, 0.1) is 4.90 Å². The van der Waals surface area contributed by atoms with Gasteiger partial charge in [0.1, 0.15) is 0 Å². The van der Waals surface area contributed by atoms with Gasteiger partial charge in [0.25, 0.3) is 0 Å². The summed E-state index contributed by atoms with van der Waals surface area (Å²) in [6, 6.07) is 8.88. The topological polar surface area (TPSA) is 37.4 Å². The molecule has 4 atom stereocenters. The second kappa shape index (κ2) is 5.13. The van der Waals surface area contributed by atoms with Gasteiger partial charge < -0.3 is 0 Å². The number of nitrogens with zero attached hydrogens (tertiary/aromatic N) is 1. The minimum Gasteiger partial charge on any atom is -0.207 e. The number of hydrogen-bond acceptors (Lipinski definition) is 2. The van der Waals surface area contributed by atoms with E-state index in [4.69, 9.17) is 0 Å². The van der Waals surface area contributed by atoms with Gasteiger partial charge in [0.15, 0.2) is 0 Å². The summed E-state index contributed by atoms with van der Waals surface area (Å²) >= 11 is 7.29. The van der Waals surface area contributed by atoms with Crippen molar-refractivity contribution in [2.75, 3.05) is 6.54 Å². The molecule has 19 heavy (non-hydrogen) atoms. The van der Waals surface area contributed by atoms with Crippen molar-refractivity contribution in [1.82, 2.24) is 4.31 Å². The number of benzene rings is 1. The zero-order chi connectivity index (χ0) is 13.6. The summed E-state index contributed by atoms with van der Waals surface area (Å²) in [5.41, 5.74) is 0. The van der Waals surface area contributed by atoms with Gasteiger partial charge in [0.2, 0.25) is 10.0 Å². The molecule has 0 aromatic heterocycles. The minimum atomic E-state index is -3.32. The van der Waals surface area contributed by atoms with Gasteiger partial charge in [-0.05, 0) is 30.9 Å². The third-order valence-corrected chi connectivity index (χ3v) is 8.70. The second-order valence-corrected chi connectivity index (χ2v) is 9.46. The van der Waals surface area contributed by atoms with Crippen LogP contribution in [0.2, 0.25) is 0 Å². The molecule has 0 radical (unpaired) electrons. The quantitative estimate of drug-likeness (QED) is 0.705. The molecule has 0 bridgehead atoms. The highest BCUT2D eigenvalue weighted by Gasteiger charge is 2.50. The number of halogens is 2. The maximum Gasteiger partial charge on any atom is 0.243 e. The molecule has 104 valence electrons. The van der Waals surface area contributed by atoms with E-state index in [9.17, 15) is 8.42 Å². The van der Waals surface area contributed by atoms with Crippen LogP contribution in [0.5, 0.6) is 0 Å². The highest BCUT2D eigenvalue weighted by molar-refractivity contribution is 9.12. The third-order valence-electron chi connectivity index (χ3n) is 4.07. The van der Waals surface area contributed by atoms with Crippen LogP contribution in [0.25, 0.3) is 0 Å². The van der Waals surface area contributed by atoms with Gasteiger partial charge in [-0.2, -0.15) is 4.31 Å². The average Bonchev–Trinajstić information content (AvgIpc) is 2.39. The first-order valence-electron chi connectivity index (χ1n) is 6.35. The first-order chi connectivity index (χ1) is 9.00. The standard InChI is InChI=1S/C13H15Br2NO2S/c14-11-6-9-8-16(13(9)7-12(11)15)19(17,18)10-4-2-1-3-5-10/h1-5,9,11-13H,6-8H2/t9-,11-,12+,13-/m0/s1. The molecule has 1 saturated carbocycles. The van der Waals surface area contributed by atoms with Crippen LogP contribution >= 0.6 is 31.9 Å². The lowest BCUT2D eigenvalue weighted by atomic mass is 9.79. The molecule has 1 heterocycles. The van der Waals surface area contributed by atoms with Crippen molar-refractivity contribution in [2.24, 2.45) is 5.92 Å². The van der Waals surface area contributed by atoms with E-state index < -0.39 is 10.0 Å². The van der Waals surface area contributed by atoms with Gasteiger partial charge >= 0.3 is 0 Å². The molecule has 1 saturated heterocycles. The fourth-order valence-electron chi connectivity index (χ4n) is 2.95. The Hall–Kier alpha value is 0.0900. The first kappa shape index (κ1) is 14.0.